The molecule has 35 heavy (non-hydrogen) atoms. The zero-order valence-corrected chi connectivity index (χ0v) is 22.8. The number of unbranched alkanes of at least 4 members (excludes halogenated alkanes) is 8. The number of ether oxygens (including phenoxy) is 2. The maximum absolute atomic E-state index is 12.3. The highest BCUT2D eigenvalue weighted by Gasteiger charge is 2.16. The fourth-order valence-corrected chi connectivity index (χ4v) is 4.14. The largest absolute Gasteiger partial charge is 0.508 e. The molecule has 0 amide bonds. The highest BCUT2D eigenvalue weighted by Crippen LogP contribution is 2.17. The van der Waals surface area contributed by atoms with Gasteiger partial charge in [0.25, 0.3) is 0 Å². The van der Waals surface area contributed by atoms with Gasteiger partial charge in [0.1, 0.15) is 12.7 Å². The second kappa shape index (κ2) is 24.3. The minimum atomic E-state index is -0.722. The van der Waals surface area contributed by atoms with Gasteiger partial charge in [0.05, 0.1) is 6.61 Å². The van der Waals surface area contributed by atoms with Crippen LogP contribution in [0.25, 0.3) is 0 Å². The number of nitrogens with zero attached hydrogens (tertiary/aromatic N) is 2. The monoisotopic (exact) mass is 502 g/mol. The molecule has 0 aliphatic rings. The molecule has 0 saturated heterocycles. The van der Waals surface area contributed by atoms with Gasteiger partial charge in [-0.05, 0) is 45.2 Å². The van der Waals surface area contributed by atoms with Crippen molar-refractivity contribution in [2.75, 3.05) is 52.5 Å². The topological polar surface area (TPSA) is 99.5 Å². The maximum atomic E-state index is 12.3. The molecule has 2 N–H and O–H groups in total. The van der Waals surface area contributed by atoms with Crippen LogP contribution in [-0.2, 0) is 14.3 Å². The first-order valence-corrected chi connectivity index (χ1v) is 14.1. The molecule has 0 saturated carbocycles. The lowest BCUT2D eigenvalue weighted by Gasteiger charge is -2.25. The third kappa shape index (κ3) is 21.6. The van der Waals surface area contributed by atoms with E-state index < -0.39 is 12.1 Å². The molecule has 0 radical (unpaired) electrons. The molecule has 0 heterocycles. The van der Waals surface area contributed by atoms with E-state index in [-0.39, 0.29) is 25.7 Å². The van der Waals surface area contributed by atoms with E-state index in [1.807, 2.05) is 0 Å². The van der Waals surface area contributed by atoms with Crippen LogP contribution in [0.3, 0.4) is 0 Å². The number of aliphatic carboxylic acids is 1. The van der Waals surface area contributed by atoms with Gasteiger partial charge in [-0.2, -0.15) is 0 Å². The quantitative estimate of drug-likeness (QED) is 0.128. The summed E-state index contributed by atoms with van der Waals surface area (Å²) in [5.74, 6) is -0.722. The summed E-state index contributed by atoms with van der Waals surface area (Å²) in [5.41, 5.74) is 0. The Labute approximate surface area is 214 Å². The molecule has 0 fully saturated rings. The van der Waals surface area contributed by atoms with E-state index >= 15 is 0 Å². The van der Waals surface area contributed by atoms with Gasteiger partial charge in [-0.3, -0.25) is 9.69 Å². The lowest BCUT2D eigenvalue weighted by Crippen LogP contribution is -2.38. The summed E-state index contributed by atoms with van der Waals surface area (Å²) in [6.07, 6.45) is 11.7. The lowest BCUT2D eigenvalue weighted by atomic mass is 10.0. The normalized spacial score (nSPS) is 12.3. The second-order valence-corrected chi connectivity index (χ2v) is 9.33. The molecule has 0 aliphatic heterocycles. The third-order valence-corrected chi connectivity index (χ3v) is 6.48. The zero-order valence-electron chi connectivity index (χ0n) is 22.8. The number of carboxylic acids is 1. The van der Waals surface area contributed by atoms with Gasteiger partial charge in [0.2, 0.25) is 0 Å². The first-order valence-electron chi connectivity index (χ1n) is 14.1. The summed E-state index contributed by atoms with van der Waals surface area (Å²) >= 11 is 0. The molecule has 1 atom stereocenters. The minimum Gasteiger partial charge on any atom is -0.481 e. The molecule has 0 bridgehead atoms. The van der Waals surface area contributed by atoms with Crippen molar-refractivity contribution in [3.8, 4) is 0 Å². The van der Waals surface area contributed by atoms with E-state index in [1.165, 1.54) is 12.8 Å². The Bertz CT molecular complexity index is 502. The molecule has 0 rings (SSSR count). The van der Waals surface area contributed by atoms with Gasteiger partial charge in [0, 0.05) is 32.6 Å². The van der Waals surface area contributed by atoms with Gasteiger partial charge in [0.15, 0.2) is 0 Å². The van der Waals surface area contributed by atoms with Crippen LogP contribution in [0.2, 0.25) is 0 Å². The second-order valence-electron chi connectivity index (χ2n) is 9.33. The van der Waals surface area contributed by atoms with Crippen LogP contribution in [0, 0.1) is 0 Å². The van der Waals surface area contributed by atoms with Crippen LogP contribution >= 0.6 is 0 Å². The van der Waals surface area contributed by atoms with Crippen molar-refractivity contribution in [1.29, 1.82) is 0 Å². The summed E-state index contributed by atoms with van der Waals surface area (Å²) in [4.78, 5) is 27.3. The van der Waals surface area contributed by atoms with E-state index in [9.17, 15) is 14.7 Å². The van der Waals surface area contributed by atoms with Crippen molar-refractivity contribution < 1.29 is 29.3 Å². The molecule has 0 aliphatic carbocycles. The van der Waals surface area contributed by atoms with Gasteiger partial charge >= 0.3 is 12.1 Å². The average Bonchev–Trinajstić information content (AvgIpc) is 2.83. The van der Waals surface area contributed by atoms with Gasteiger partial charge in [-0.25, -0.2) is 4.79 Å². The smallest absolute Gasteiger partial charge is 0.481 e. The molecule has 0 spiro atoms. The van der Waals surface area contributed by atoms with Crippen molar-refractivity contribution in [2.45, 2.75) is 110 Å². The van der Waals surface area contributed by atoms with Crippen LogP contribution < -0.4 is 0 Å². The maximum Gasteiger partial charge on any atom is 0.508 e. The molecule has 1 unspecified atom stereocenters. The zero-order chi connectivity index (χ0) is 26.2. The number of aliphatic hydroxyl groups excluding tert-OH is 1. The van der Waals surface area contributed by atoms with Crippen LogP contribution in [-0.4, -0.2) is 90.7 Å². The fraction of sp³-hybridized carbons (Fsp3) is 0.926. The van der Waals surface area contributed by atoms with E-state index in [0.29, 0.717) is 13.1 Å². The Balaban J connectivity index is 4.31. The number of likely N-dealkylation sites (N-methyl/N-ethyl adjacent to an activating group) is 1. The van der Waals surface area contributed by atoms with Crippen LogP contribution in [0.4, 0.5) is 4.79 Å². The highest BCUT2D eigenvalue weighted by molar-refractivity contribution is 5.66. The summed E-state index contributed by atoms with van der Waals surface area (Å²) in [7, 11) is 0. The van der Waals surface area contributed by atoms with Gasteiger partial charge in [-0.15, -0.1) is 0 Å². The highest BCUT2D eigenvalue weighted by atomic mass is 16.7. The molecule has 0 aromatic rings. The summed E-state index contributed by atoms with van der Waals surface area (Å²) < 4.78 is 11.1. The Morgan fingerprint density at radius 1 is 0.743 bits per heavy atom. The molecular formula is C27H54N2O6. The molecule has 8 nitrogen and oxygen atoms in total. The number of carbonyl (C=O) groups excluding carboxylic acids is 1. The van der Waals surface area contributed by atoms with Crippen LogP contribution in [0.5, 0.6) is 0 Å². The van der Waals surface area contributed by atoms with E-state index in [0.717, 1.165) is 90.4 Å². The van der Waals surface area contributed by atoms with E-state index in [2.05, 4.69) is 30.6 Å². The molecule has 0 aromatic carbocycles. The number of hydrogen-bond donors (Lipinski definition) is 2. The van der Waals surface area contributed by atoms with Crippen molar-refractivity contribution in [3.63, 3.8) is 0 Å². The Kier molecular flexibility index (Phi) is 23.4. The van der Waals surface area contributed by atoms with Crippen molar-refractivity contribution >= 4 is 12.1 Å². The Morgan fingerprint density at radius 3 is 1.89 bits per heavy atom. The predicted octanol–water partition coefficient (Wildman–Crippen LogP) is 5.32. The molecule has 8 heteroatoms. The van der Waals surface area contributed by atoms with E-state index in [1.54, 1.807) is 0 Å². The number of carbonyl (C=O) groups is 2. The van der Waals surface area contributed by atoms with Crippen LogP contribution in [0.1, 0.15) is 104 Å². The van der Waals surface area contributed by atoms with Crippen molar-refractivity contribution in [2.24, 2.45) is 0 Å². The summed E-state index contributed by atoms with van der Waals surface area (Å²) in [5, 5.41) is 18.0. The summed E-state index contributed by atoms with van der Waals surface area (Å²) in [6.45, 7) is 11.7. The molecule has 208 valence electrons. The molecule has 0 aromatic heterocycles. The van der Waals surface area contributed by atoms with Crippen LogP contribution in [0.15, 0.2) is 0 Å². The standard InChI is InChI=1S/C27H54N2O6/c1-4-7-8-13-16-25(17-14-11-9-10-12-15-18-26(31)32)35-27(33)34-24-22-29(21-23-30)20-19-28(5-2)6-3/h25,30H,4-24H2,1-3H3,(H,31,32). The molecular weight excluding hydrogens is 448 g/mol. The first kappa shape index (κ1) is 33.6. The van der Waals surface area contributed by atoms with Crippen molar-refractivity contribution in [1.82, 2.24) is 9.80 Å². The SMILES string of the molecule is CCCCCCC(CCCCCCCCC(=O)O)OC(=O)OCCN(CCO)CCN(CC)CC. The number of carboxylic acid groups (broad SMARTS) is 1. The number of rotatable bonds is 25. The fourth-order valence-electron chi connectivity index (χ4n) is 4.14. The average molecular weight is 503 g/mol. The summed E-state index contributed by atoms with van der Waals surface area (Å²) in [6, 6.07) is 0. The van der Waals surface area contributed by atoms with Gasteiger partial charge < -0.3 is 24.6 Å². The first-order chi connectivity index (χ1) is 17.0. The Hall–Kier alpha value is -1.38. The minimum absolute atomic E-state index is 0.0854. The number of hydrogen-bond acceptors (Lipinski definition) is 7. The van der Waals surface area contributed by atoms with Crippen molar-refractivity contribution in [3.05, 3.63) is 0 Å². The number of aliphatic hydroxyl groups is 1. The van der Waals surface area contributed by atoms with Gasteiger partial charge in [-0.1, -0.05) is 65.7 Å². The third-order valence-electron chi connectivity index (χ3n) is 6.48. The predicted molar refractivity (Wildman–Crippen MR) is 141 cm³/mol. The lowest BCUT2D eigenvalue weighted by molar-refractivity contribution is -0.137. The van der Waals surface area contributed by atoms with E-state index in [4.69, 9.17) is 14.6 Å². The Morgan fingerprint density at radius 2 is 1.31 bits per heavy atom.